The molecule has 0 saturated carbocycles. The van der Waals surface area contributed by atoms with Gasteiger partial charge in [-0.2, -0.15) is 5.10 Å². The average Bonchev–Trinajstić information content (AvgIpc) is 3.05. The van der Waals surface area contributed by atoms with Gasteiger partial charge < -0.3 is 5.11 Å². The largest absolute Gasteiger partial charge is 0.478 e. The van der Waals surface area contributed by atoms with E-state index in [1.54, 1.807) is 16.8 Å². The van der Waals surface area contributed by atoms with Crippen LogP contribution in [0.25, 0.3) is 16.3 Å². The van der Waals surface area contributed by atoms with Crippen LogP contribution in [0.4, 0.5) is 0 Å². The molecule has 106 valence electrons. The van der Waals surface area contributed by atoms with Crippen LogP contribution in [-0.4, -0.2) is 20.9 Å². The van der Waals surface area contributed by atoms with Gasteiger partial charge >= 0.3 is 5.97 Å². The van der Waals surface area contributed by atoms with Crippen molar-refractivity contribution in [1.82, 2.24) is 9.78 Å². The number of halogens is 2. The molecule has 3 rings (SSSR count). The molecule has 0 bridgehead atoms. The molecular formula is C14H8BrClN2O2S. The summed E-state index contributed by atoms with van der Waals surface area (Å²) < 4.78 is 2.98. The minimum absolute atomic E-state index is 0.143. The Kier molecular flexibility index (Phi) is 3.84. The van der Waals surface area contributed by atoms with Crippen molar-refractivity contribution in [1.29, 1.82) is 0 Å². The second kappa shape index (κ2) is 5.63. The maximum absolute atomic E-state index is 11.4. The van der Waals surface area contributed by atoms with Crippen LogP contribution < -0.4 is 0 Å². The predicted octanol–water partition coefficient (Wildman–Crippen LogP) is 4.71. The Morgan fingerprint density at radius 2 is 2.05 bits per heavy atom. The number of aromatic carboxylic acids is 1. The van der Waals surface area contributed by atoms with Crippen molar-refractivity contribution in [3.8, 4) is 16.3 Å². The zero-order valence-corrected chi connectivity index (χ0v) is 13.6. The second-order valence-electron chi connectivity index (χ2n) is 4.20. The van der Waals surface area contributed by atoms with Crippen LogP contribution in [0.15, 0.2) is 47.1 Å². The average molecular weight is 384 g/mol. The van der Waals surface area contributed by atoms with Crippen LogP contribution in [0.3, 0.4) is 0 Å². The van der Waals surface area contributed by atoms with Crippen LogP contribution in [0.2, 0.25) is 4.34 Å². The zero-order chi connectivity index (χ0) is 15.0. The minimum atomic E-state index is -1.02. The summed E-state index contributed by atoms with van der Waals surface area (Å²) in [5.74, 6) is -1.02. The van der Waals surface area contributed by atoms with E-state index in [9.17, 15) is 9.90 Å². The molecule has 0 radical (unpaired) electrons. The van der Waals surface area contributed by atoms with Crippen molar-refractivity contribution < 1.29 is 9.90 Å². The number of carboxylic acid groups (broad SMARTS) is 1. The molecule has 0 fully saturated rings. The van der Waals surface area contributed by atoms with Crippen molar-refractivity contribution in [3.05, 3.63) is 57.0 Å². The first-order valence-corrected chi connectivity index (χ1v) is 7.88. The third-order valence-corrected chi connectivity index (χ3v) is 4.76. The predicted molar refractivity (Wildman–Crippen MR) is 86.5 cm³/mol. The van der Waals surface area contributed by atoms with Crippen molar-refractivity contribution in [2.24, 2.45) is 0 Å². The van der Waals surface area contributed by atoms with E-state index in [-0.39, 0.29) is 5.56 Å². The number of thiophene rings is 1. The molecule has 1 N–H and O–H groups in total. The molecule has 21 heavy (non-hydrogen) atoms. The topological polar surface area (TPSA) is 55.1 Å². The highest BCUT2D eigenvalue weighted by atomic mass is 79.9. The number of carboxylic acids is 1. The molecule has 0 unspecified atom stereocenters. The maximum Gasteiger partial charge on any atom is 0.339 e. The van der Waals surface area contributed by atoms with Gasteiger partial charge in [-0.1, -0.05) is 23.7 Å². The van der Waals surface area contributed by atoms with Gasteiger partial charge in [0.05, 0.1) is 14.9 Å². The normalized spacial score (nSPS) is 10.8. The molecular weight excluding hydrogens is 376 g/mol. The van der Waals surface area contributed by atoms with Gasteiger partial charge in [0.15, 0.2) is 0 Å². The van der Waals surface area contributed by atoms with E-state index in [1.165, 1.54) is 17.5 Å². The second-order valence-corrected chi connectivity index (χ2v) is 6.77. The standard InChI is InChI=1S/C14H8BrClN2O2S/c15-9-3-1-2-4-10(9)18-7-8(14(19)20)13(17-18)11-5-6-12(16)21-11/h1-7H,(H,19,20). The van der Waals surface area contributed by atoms with E-state index in [0.717, 1.165) is 15.0 Å². The number of hydrogen-bond donors (Lipinski definition) is 1. The Bertz CT molecular complexity index is 828. The van der Waals surface area contributed by atoms with Gasteiger partial charge in [0.2, 0.25) is 0 Å². The van der Waals surface area contributed by atoms with Crippen LogP contribution in [-0.2, 0) is 0 Å². The summed E-state index contributed by atoms with van der Waals surface area (Å²) in [5, 5.41) is 13.8. The molecule has 1 aromatic carbocycles. The van der Waals surface area contributed by atoms with Gasteiger partial charge in [0.25, 0.3) is 0 Å². The summed E-state index contributed by atoms with van der Waals surface area (Å²) >= 11 is 10.7. The molecule has 0 amide bonds. The number of aromatic nitrogens is 2. The zero-order valence-electron chi connectivity index (χ0n) is 10.5. The van der Waals surface area contributed by atoms with E-state index in [0.29, 0.717) is 10.0 Å². The van der Waals surface area contributed by atoms with Crippen LogP contribution in [0, 0.1) is 0 Å². The third kappa shape index (κ3) is 2.74. The number of rotatable bonds is 3. The van der Waals surface area contributed by atoms with E-state index < -0.39 is 5.97 Å². The molecule has 0 saturated heterocycles. The Labute approximate surface area is 137 Å². The van der Waals surface area contributed by atoms with Gasteiger partial charge in [-0.25, -0.2) is 9.48 Å². The molecule has 2 heterocycles. The molecule has 7 heteroatoms. The first kappa shape index (κ1) is 14.3. The first-order chi connectivity index (χ1) is 10.1. The molecule has 2 aromatic heterocycles. The Morgan fingerprint density at radius 3 is 2.67 bits per heavy atom. The van der Waals surface area contributed by atoms with Crippen molar-refractivity contribution in [3.63, 3.8) is 0 Å². The third-order valence-electron chi connectivity index (χ3n) is 2.85. The summed E-state index contributed by atoms with van der Waals surface area (Å²) in [6.07, 6.45) is 1.51. The maximum atomic E-state index is 11.4. The summed E-state index contributed by atoms with van der Waals surface area (Å²) in [4.78, 5) is 12.2. The molecule has 0 atom stereocenters. The van der Waals surface area contributed by atoms with Crippen molar-refractivity contribution in [2.45, 2.75) is 0 Å². The highest BCUT2D eigenvalue weighted by Crippen LogP contribution is 2.33. The lowest BCUT2D eigenvalue weighted by Crippen LogP contribution is -1.96. The number of benzene rings is 1. The lowest BCUT2D eigenvalue weighted by molar-refractivity contribution is 0.0697. The smallest absolute Gasteiger partial charge is 0.339 e. The SMILES string of the molecule is O=C(O)c1cn(-c2ccccc2Br)nc1-c1ccc(Cl)s1. The van der Waals surface area contributed by atoms with E-state index in [1.807, 2.05) is 24.3 Å². The lowest BCUT2D eigenvalue weighted by Gasteiger charge is -2.02. The summed E-state index contributed by atoms with van der Waals surface area (Å²) in [7, 11) is 0. The molecule has 0 spiro atoms. The number of nitrogens with zero attached hydrogens (tertiary/aromatic N) is 2. The molecule has 4 nitrogen and oxygen atoms in total. The highest BCUT2D eigenvalue weighted by molar-refractivity contribution is 9.10. The fourth-order valence-corrected chi connectivity index (χ4v) is 3.42. The van der Waals surface area contributed by atoms with Crippen LogP contribution in [0.5, 0.6) is 0 Å². The monoisotopic (exact) mass is 382 g/mol. The number of para-hydroxylation sites is 1. The Morgan fingerprint density at radius 1 is 1.29 bits per heavy atom. The van der Waals surface area contributed by atoms with Crippen LogP contribution >= 0.6 is 38.9 Å². The van der Waals surface area contributed by atoms with E-state index in [4.69, 9.17) is 11.6 Å². The fraction of sp³-hybridized carbons (Fsp3) is 0. The molecule has 0 aliphatic heterocycles. The summed E-state index contributed by atoms with van der Waals surface area (Å²) in [6, 6.07) is 11.0. The summed E-state index contributed by atoms with van der Waals surface area (Å²) in [5.41, 5.74) is 1.33. The Balaban J connectivity index is 2.18. The minimum Gasteiger partial charge on any atom is -0.478 e. The van der Waals surface area contributed by atoms with Gasteiger partial charge in [-0.3, -0.25) is 0 Å². The lowest BCUT2D eigenvalue weighted by atomic mass is 10.2. The number of carbonyl (C=O) groups is 1. The van der Waals surface area contributed by atoms with Crippen molar-refractivity contribution in [2.75, 3.05) is 0 Å². The van der Waals surface area contributed by atoms with Gasteiger partial charge in [-0.05, 0) is 40.2 Å². The molecule has 0 aliphatic carbocycles. The highest BCUT2D eigenvalue weighted by Gasteiger charge is 2.19. The summed E-state index contributed by atoms with van der Waals surface area (Å²) in [6.45, 7) is 0. The van der Waals surface area contributed by atoms with Gasteiger partial charge in [0.1, 0.15) is 11.3 Å². The number of hydrogen-bond acceptors (Lipinski definition) is 3. The van der Waals surface area contributed by atoms with E-state index in [2.05, 4.69) is 21.0 Å². The Hall–Kier alpha value is -1.63. The van der Waals surface area contributed by atoms with Crippen molar-refractivity contribution >= 4 is 44.8 Å². The molecule has 3 aromatic rings. The quantitative estimate of drug-likeness (QED) is 0.712. The first-order valence-electron chi connectivity index (χ1n) is 5.90. The molecule has 0 aliphatic rings. The fourth-order valence-electron chi connectivity index (χ4n) is 1.91. The van der Waals surface area contributed by atoms with Gasteiger partial charge in [0, 0.05) is 10.7 Å². The van der Waals surface area contributed by atoms with Gasteiger partial charge in [-0.15, -0.1) is 11.3 Å². The van der Waals surface area contributed by atoms with Crippen LogP contribution in [0.1, 0.15) is 10.4 Å². The van der Waals surface area contributed by atoms with E-state index >= 15 is 0 Å².